The van der Waals surface area contributed by atoms with Crippen LogP contribution in [0.4, 0.5) is 11.4 Å². The van der Waals surface area contributed by atoms with Crippen molar-refractivity contribution in [3.63, 3.8) is 0 Å². The molecule has 0 saturated carbocycles. The Labute approximate surface area is 174 Å². The van der Waals surface area contributed by atoms with Gasteiger partial charge in [0.25, 0.3) is 0 Å². The van der Waals surface area contributed by atoms with E-state index in [1.807, 2.05) is 24.3 Å². The molecule has 1 fully saturated rings. The summed E-state index contributed by atoms with van der Waals surface area (Å²) in [4.78, 5) is 40.1. The van der Waals surface area contributed by atoms with Crippen LogP contribution in [0.5, 0.6) is 0 Å². The smallest absolute Gasteiger partial charge is 0.338 e. The van der Waals surface area contributed by atoms with E-state index in [2.05, 4.69) is 10.2 Å². The monoisotopic (exact) mass is 415 g/mol. The molecule has 0 aromatic heterocycles. The van der Waals surface area contributed by atoms with E-state index >= 15 is 0 Å². The molecular weight excluding hydrogens is 394 g/mol. The molecule has 0 aliphatic carbocycles. The van der Waals surface area contributed by atoms with Crippen molar-refractivity contribution in [2.24, 2.45) is 0 Å². The van der Waals surface area contributed by atoms with Gasteiger partial charge in [-0.15, -0.1) is 0 Å². The first-order valence-corrected chi connectivity index (χ1v) is 9.73. The van der Waals surface area contributed by atoms with E-state index < -0.39 is 17.8 Å². The molecule has 152 valence electrons. The van der Waals surface area contributed by atoms with Gasteiger partial charge in [-0.25, -0.2) is 4.79 Å². The SMILES string of the molecule is CCOC(=O)c1ccc(NC(=O)C(=O)N2CCN(c3cccc(Cl)c3)CC2)cc1. The summed E-state index contributed by atoms with van der Waals surface area (Å²) in [6, 6.07) is 13.8. The highest BCUT2D eigenvalue weighted by Crippen LogP contribution is 2.21. The Morgan fingerprint density at radius 3 is 2.34 bits per heavy atom. The Morgan fingerprint density at radius 2 is 1.72 bits per heavy atom. The summed E-state index contributed by atoms with van der Waals surface area (Å²) in [5.41, 5.74) is 1.82. The lowest BCUT2D eigenvalue weighted by Crippen LogP contribution is -2.51. The standard InChI is InChI=1S/C21H22ClN3O4/c1-2-29-21(28)15-6-8-17(9-7-15)23-19(26)20(27)25-12-10-24(11-13-25)18-5-3-4-16(22)14-18/h3-9,14H,2,10-13H2,1H3,(H,23,26). The number of nitrogens with one attached hydrogen (secondary N) is 1. The second-order valence-electron chi connectivity index (χ2n) is 6.51. The number of halogens is 1. The predicted molar refractivity (Wildman–Crippen MR) is 111 cm³/mol. The number of carbonyl (C=O) groups is 3. The van der Waals surface area contributed by atoms with Crippen LogP contribution in [-0.2, 0) is 14.3 Å². The molecule has 8 heteroatoms. The lowest BCUT2D eigenvalue weighted by molar-refractivity contribution is -0.143. The van der Waals surface area contributed by atoms with E-state index in [1.165, 1.54) is 4.90 Å². The maximum atomic E-state index is 12.5. The molecule has 0 atom stereocenters. The van der Waals surface area contributed by atoms with Gasteiger partial charge >= 0.3 is 17.8 Å². The van der Waals surface area contributed by atoms with Crippen LogP contribution in [0.15, 0.2) is 48.5 Å². The average molecular weight is 416 g/mol. The minimum Gasteiger partial charge on any atom is -0.462 e. The molecule has 1 N–H and O–H groups in total. The first-order valence-electron chi connectivity index (χ1n) is 9.36. The van der Waals surface area contributed by atoms with Crippen molar-refractivity contribution in [1.82, 2.24) is 4.90 Å². The van der Waals surface area contributed by atoms with Crippen LogP contribution in [0.3, 0.4) is 0 Å². The lowest BCUT2D eigenvalue weighted by atomic mass is 10.2. The molecule has 7 nitrogen and oxygen atoms in total. The number of hydrogen-bond donors (Lipinski definition) is 1. The fourth-order valence-electron chi connectivity index (χ4n) is 3.07. The predicted octanol–water partition coefficient (Wildman–Crippen LogP) is 2.80. The van der Waals surface area contributed by atoms with Crippen LogP contribution in [0.1, 0.15) is 17.3 Å². The molecule has 0 spiro atoms. The average Bonchev–Trinajstić information content (AvgIpc) is 2.74. The maximum Gasteiger partial charge on any atom is 0.338 e. The molecule has 2 amide bonds. The van der Waals surface area contributed by atoms with Crippen LogP contribution < -0.4 is 10.2 Å². The van der Waals surface area contributed by atoms with Gasteiger partial charge in [0.15, 0.2) is 0 Å². The molecule has 2 aromatic carbocycles. The minimum atomic E-state index is -0.704. The van der Waals surface area contributed by atoms with Crippen LogP contribution in [-0.4, -0.2) is 55.5 Å². The Bertz CT molecular complexity index is 893. The zero-order valence-electron chi connectivity index (χ0n) is 16.1. The number of rotatable bonds is 4. The van der Waals surface area contributed by atoms with Gasteiger partial charge in [0, 0.05) is 42.6 Å². The Kier molecular flexibility index (Phi) is 6.72. The van der Waals surface area contributed by atoms with Gasteiger partial charge in [-0.3, -0.25) is 9.59 Å². The Hall–Kier alpha value is -3.06. The molecule has 1 aliphatic heterocycles. The van der Waals surface area contributed by atoms with Crippen molar-refractivity contribution in [3.8, 4) is 0 Å². The van der Waals surface area contributed by atoms with E-state index in [0.29, 0.717) is 42.5 Å². The van der Waals surface area contributed by atoms with Gasteiger partial charge in [-0.2, -0.15) is 0 Å². The molecule has 1 saturated heterocycles. The number of ether oxygens (including phenoxy) is 1. The van der Waals surface area contributed by atoms with Gasteiger partial charge in [-0.1, -0.05) is 17.7 Å². The summed E-state index contributed by atoms with van der Waals surface area (Å²) in [5, 5.41) is 3.24. The molecule has 1 aliphatic rings. The summed E-state index contributed by atoms with van der Waals surface area (Å²) in [6.45, 7) is 4.14. The highest BCUT2D eigenvalue weighted by molar-refractivity contribution is 6.39. The first kappa shape index (κ1) is 20.7. The molecule has 1 heterocycles. The van der Waals surface area contributed by atoms with E-state index in [0.717, 1.165) is 5.69 Å². The van der Waals surface area contributed by atoms with E-state index in [9.17, 15) is 14.4 Å². The topological polar surface area (TPSA) is 78.9 Å². The van der Waals surface area contributed by atoms with Crippen LogP contribution in [0, 0.1) is 0 Å². The largest absolute Gasteiger partial charge is 0.462 e. The normalized spacial score (nSPS) is 13.7. The number of benzene rings is 2. The second-order valence-corrected chi connectivity index (χ2v) is 6.95. The van der Waals surface area contributed by atoms with Gasteiger partial charge in [0.05, 0.1) is 12.2 Å². The molecule has 3 rings (SSSR count). The maximum absolute atomic E-state index is 12.5. The number of esters is 1. The lowest BCUT2D eigenvalue weighted by Gasteiger charge is -2.35. The number of carbonyl (C=O) groups excluding carboxylic acids is 3. The van der Waals surface area contributed by atoms with Crippen molar-refractivity contribution >= 4 is 40.8 Å². The van der Waals surface area contributed by atoms with Crippen molar-refractivity contribution < 1.29 is 19.1 Å². The summed E-state index contributed by atoms with van der Waals surface area (Å²) in [7, 11) is 0. The molecule has 0 radical (unpaired) electrons. The zero-order valence-corrected chi connectivity index (χ0v) is 16.8. The van der Waals surface area contributed by atoms with Gasteiger partial charge in [0.1, 0.15) is 0 Å². The molecule has 0 bridgehead atoms. The van der Waals surface area contributed by atoms with Gasteiger partial charge in [0.2, 0.25) is 0 Å². The zero-order chi connectivity index (χ0) is 20.8. The first-order chi connectivity index (χ1) is 14.0. The quantitative estimate of drug-likeness (QED) is 0.613. The van der Waals surface area contributed by atoms with Gasteiger partial charge in [-0.05, 0) is 49.4 Å². The summed E-state index contributed by atoms with van der Waals surface area (Å²) in [6.07, 6.45) is 0. The molecular formula is C21H22ClN3O4. The fourth-order valence-corrected chi connectivity index (χ4v) is 3.26. The summed E-state index contributed by atoms with van der Waals surface area (Å²) >= 11 is 6.03. The highest BCUT2D eigenvalue weighted by atomic mass is 35.5. The van der Waals surface area contributed by atoms with Crippen LogP contribution in [0.25, 0.3) is 0 Å². The summed E-state index contributed by atoms with van der Waals surface area (Å²) in [5.74, 6) is -1.71. The summed E-state index contributed by atoms with van der Waals surface area (Å²) < 4.78 is 4.92. The third-order valence-electron chi connectivity index (χ3n) is 4.59. The number of nitrogens with zero attached hydrogens (tertiary/aromatic N) is 2. The van der Waals surface area contributed by atoms with E-state index in [4.69, 9.17) is 16.3 Å². The number of anilines is 2. The van der Waals surface area contributed by atoms with Crippen LogP contribution in [0.2, 0.25) is 5.02 Å². The molecule has 29 heavy (non-hydrogen) atoms. The second kappa shape index (κ2) is 9.43. The Morgan fingerprint density at radius 1 is 1.03 bits per heavy atom. The van der Waals surface area contributed by atoms with Gasteiger partial charge < -0.3 is 19.9 Å². The van der Waals surface area contributed by atoms with Crippen molar-refractivity contribution in [2.45, 2.75) is 6.92 Å². The number of amides is 2. The third kappa shape index (κ3) is 5.26. The number of piperazine rings is 1. The van der Waals surface area contributed by atoms with Crippen molar-refractivity contribution in [3.05, 3.63) is 59.1 Å². The van der Waals surface area contributed by atoms with Crippen molar-refractivity contribution in [2.75, 3.05) is 43.0 Å². The molecule has 0 unspecified atom stereocenters. The third-order valence-corrected chi connectivity index (χ3v) is 4.82. The van der Waals surface area contributed by atoms with E-state index in [1.54, 1.807) is 31.2 Å². The van der Waals surface area contributed by atoms with Crippen molar-refractivity contribution in [1.29, 1.82) is 0 Å². The minimum absolute atomic E-state index is 0.288. The number of hydrogen-bond acceptors (Lipinski definition) is 5. The highest BCUT2D eigenvalue weighted by Gasteiger charge is 2.26. The van der Waals surface area contributed by atoms with Crippen LogP contribution >= 0.6 is 11.6 Å². The fraction of sp³-hybridized carbons (Fsp3) is 0.286. The Balaban J connectivity index is 1.53. The van der Waals surface area contributed by atoms with E-state index in [-0.39, 0.29) is 6.61 Å². The molecule has 2 aromatic rings.